The number of benzene rings is 3. The first-order chi connectivity index (χ1) is 18.4. The molecule has 4 rings (SSSR count). The van der Waals surface area contributed by atoms with E-state index in [1.54, 1.807) is 63.4 Å². The average Bonchev–Trinajstić information content (AvgIpc) is 3.22. The van der Waals surface area contributed by atoms with Gasteiger partial charge in [-0.05, 0) is 54.8 Å². The van der Waals surface area contributed by atoms with Gasteiger partial charge >= 0.3 is 5.97 Å². The number of thioether (sulfide) groups is 1. The first-order valence-electron chi connectivity index (χ1n) is 11.9. The van der Waals surface area contributed by atoms with Crippen LogP contribution in [0.2, 0.25) is 0 Å². The normalized spacial score (nSPS) is 15.1. The Morgan fingerprint density at radius 1 is 1.00 bits per heavy atom. The summed E-state index contributed by atoms with van der Waals surface area (Å²) in [5.41, 5.74) is 2.75. The Hall–Kier alpha value is -4.30. The van der Waals surface area contributed by atoms with Gasteiger partial charge in [-0.15, -0.1) is 0 Å². The maximum absolute atomic E-state index is 12.9. The average molecular weight is 530 g/mol. The highest BCUT2D eigenvalue weighted by Crippen LogP contribution is 2.40. The number of hydrogen-bond acceptors (Lipinski definition) is 7. The van der Waals surface area contributed by atoms with E-state index in [1.165, 1.54) is 0 Å². The molecule has 8 heteroatoms. The van der Waals surface area contributed by atoms with Crippen LogP contribution >= 0.6 is 11.8 Å². The Morgan fingerprint density at radius 2 is 1.74 bits per heavy atom. The standard InChI is InChI=1S/C30H27NO6S/c1-4-36-30(34)26-27(32)25(38-29(26)31-28(33)22-13-9-8-10-19(22)2)17-21-14-15-23(24(16-21)35-3)37-18-20-11-6-5-7-12-20/h5-17,32H,4,18H2,1-3H3/b25-17-,31-29?. The summed E-state index contributed by atoms with van der Waals surface area (Å²) in [6, 6.07) is 22.2. The van der Waals surface area contributed by atoms with Gasteiger partial charge in [-0.25, -0.2) is 9.79 Å². The molecule has 0 radical (unpaired) electrons. The molecule has 0 unspecified atom stereocenters. The largest absolute Gasteiger partial charge is 0.506 e. The summed E-state index contributed by atoms with van der Waals surface area (Å²) in [7, 11) is 1.55. The van der Waals surface area contributed by atoms with Crippen molar-refractivity contribution < 1.29 is 28.9 Å². The van der Waals surface area contributed by atoms with Gasteiger partial charge < -0.3 is 19.3 Å². The number of carbonyl (C=O) groups excluding carboxylic acids is 2. The first kappa shape index (κ1) is 26.8. The van der Waals surface area contributed by atoms with Gasteiger partial charge in [-0.2, -0.15) is 0 Å². The first-order valence-corrected chi connectivity index (χ1v) is 12.8. The summed E-state index contributed by atoms with van der Waals surface area (Å²) in [5, 5.41) is 11.0. The molecule has 0 aromatic heterocycles. The highest BCUT2D eigenvalue weighted by Gasteiger charge is 2.34. The Bertz CT molecular complexity index is 1440. The monoisotopic (exact) mass is 529 g/mol. The van der Waals surface area contributed by atoms with Crippen molar-refractivity contribution in [1.82, 2.24) is 0 Å². The van der Waals surface area contributed by atoms with Crippen LogP contribution in [0, 0.1) is 6.92 Å². The Morgan fingerprint density at radius 3 is 2.45 bits per heavy atom. The van der Waals surface area contributed by atoms with E-state index >= 15 is 0 Å². The summed E-state index contributed by atoms with van der Waals surface area (Å²) < 4.78 is 16.6. The van der Waals surface area contributed by atoms with Gasteiger partial charge in [0.05, 0.1) is 18.6 Å². The lowest BCUT2D eigenvalue weighted by Gasteiger charge is -2.11. The number of rotatable bonds is 8. The van der Waals surface area contributed by atoms with Crippen molar-refractivity contribution in [2.24, 2.45) is 4.99 Å². The summed E-state index contributed by atoms with van der Waals surface area (Å²) in [6.07, 6.45) is 1.68. The number of carbonyl (C=O) groups is 2. The van der Waals surface area contributed by atoms with E-state index < -0.39 is 11.9 Å². The number of hydrogen-bond donors (Lipinski definition) is 1. The minimum absolute atomic E-state index is 0.0789. The molecule has 0 saturated carbocycles. The number of aliphatic hydroxyl groups is 1. The van der Waals surface area contributed by atoms with Crippen LogP contribution in [0.4, 0.5) is 0 Å². The van der Waals surface area contributed by atoms with E-state index in [1.807, 2.05) is 36.4 Å². The smallest absolute Gasteiger partial charge is 0.344 e. The second kappa shape index (κ2) is 12.3. The van der Waals surface area contributed by atoms with Gasteiger partial charge in [0, 0.05) is 5.56 Å². The number of aliphatic imine (C=N–C) groups is 1. The lowest BCUT2D eigenvalue weighted by atomic mass is 10.1. The van der Waals surface area contributed by atoms with E-state index in [2.05, 4.69) is 4.99 Å². The van der Waals surface area contributed by atoms with Crippen LogP contribution in [0.5, 0.6) is 11.5 Å². The molecule has 0 bridgehead atoms. The van der Waals surface area contributed by atoms with Crippen LogP contribution in [0.15, 0.2) is 94.0 Å². The Balaban J connectivity index is 1.63. The molecule has 1 amide bonds. The fourth-order valence-electron chi connectivity index (χ4n) is 3.74. The zero-order valence-corrected chi connectivity index (χ0v) is 22.1. The molecule has 0 spiro atoms. The lowest BCUT2D eigenvalue weighted by Crippen LogP contribution is -2.14. The highest BCUT2D eigenvalue weighted by molar-refractivity contribution is 8.18. The summed E-state index contributed by atoms with van der Waals surface area (Å²) in [6.45, 7) is 3.97. The van der Waals surface area contributed by atoms with E-state index in [0.29, 0.717) is 34.1 Å². The third-order valence-corrected chi connectivity index (χ3v) is 6.69. The van der Waals surface area contributed by atoms with Crippen LogP contribution < -0.4 is 9.47 Å². The maximum Gasteiger partial charge on any atom is 0.344 e. The van der Waals surface area contributed by atoms with Gasteiger partial charge in [0.25, 0.3) is 5.91 Å². The van der Waals surface area contributed by atoms with Crippen molar-refractivity contribution in [3.63, 3.8) is 0 Å². The zero-order chi connectivity index (χ0) is 27.1. The zero-order valence-electron chi connectivity index (χ0n) is 21.3. The molecule has 38 heavy (non-hydrogen) atoms. The molecular weight excluding hydrogens is 502 g/mol. The molecule has 3 aromatic rings. The van der Waals surface area contributed by atoms with Crippen LogP contribution in [-0.2, 0) is 16.1 Å². The topological polar surface area (TPSA) is 94.4 Å². The lowest BCUT2D eigenvalue weighted by molar-refractivity contribution is -0.138. The van der Waals surface area contributed by atoms with Crippen molar-refractivity contribution in [3.05, 3.63) is 111 Å². The minimum atomic E-state index is -0.750. The third kappa shape index (κ3) is 6.15. The van der Waals surface area contributed by atoms with E-state index in [-0.39, 0.29) is 23.0 Å². The molecule has 0 atom stereocenters. The van der Waals surface area contributed by atoms with Crippen molar-refractivity contribution >= 4 is 34.8 Å². The summed E-state index contributed by atoms with van der Waals surface area (Å²) in [4.78, 5) is 30.1. The van der Waals surface area contributed by atoms with Gasteiger partial charge in [0.2, 0.25) is 0 Å². The van der Waals surface area contributed by atoms with Crippen LogP contribution in [0.1, 0.15) is 34.0 Å². The molecule has 194 valence electrons. The third-order valence-electron chi connectivity index (χ3n) is 5.67. The van der Waals surface area contributed by atoms with E-state index in [4.69, 9.17) is 14.2 Å². The number of aryl methyl sites for hydroxylation is 1. The van der Waals surface area contributed by atoms with Crippen LogP contribution in [0.25, 0.3) is 6.08 Å². The highest BCUT2D eigenvalue weighted by atomic mass is 32.2. The molecule has 1 heterocycles. The van der Waals surface area contributed by atoms with Gasteiger partial charge in [-0.1, -0.05) is 66.4 Å². The number of ether oxygens (including phenoxy) is 3. The van der Waals surface area contributed by atoms with Crippen LogP contribution in [0.3, 0.4) is 0 Å². The number of aliphatic hydroxyl groups excluding tert-OH is 1. The predicted molar refractivity (Wildman–Crippen MR) is 149 cm³/mol. The number of amides is 1. The maximum atomic E-state index is 12.9. The molecule has 0 aliphatic carbocycles. The minimum Gasteiger partial charge on any atom is -0.506 e. The van der Waals surface area contributed by atoms with Gasteiger partial charge in [0.15, 0.2) is 11.5 Å². The summed E-state index contributed by atoms with van der Waals surface area (Å²) >= 11 is 1.02. The Labute approximate surface area is 225 Å². The molecular formula is C30H27NO6S. The second-order valence-corrected chi connectivity index (χ2v) is 9.31. The van der Waals surface area contributed by atoms with Crippen LogP contribution in [-0.4, -0.2) is 35.7 Å². The quantitative estimate of drug-likeness (QED) is 0.343. The molecule has 1 N–H and O–H groups in total. The molecule has 7 nitrogen and oxygen atoms in total. The number of esters is 1. The van der Waals surface area contributed by atoms with Crippen molar-refractivity contribution in [1.29, 1.82) is 0 Å². The van der Waals surface area contributed by atoms with Crippen molar-refractivity contribution in [2.75, 3.05) is 13.7 Å². The molecule has 1 aliphatic heterocycles. The van der Waals surface area contributed by atoms with Crippen molar-refractivity contribution in [3.8, 4) is 11.5 Å². The SMILES string of the molecule is CCOC(=O)C1=C(O)/C(=C/c2ccc(OCc3ccccc3)c(OC)c2)SC1=NC(=O)c1ccccc1C. The molecule has 0 fully saturated rings. The van der Waals surface area contributed by atoms with E-state index in [0.717, 1.165) is 22.9 Å². The van der Waals surface area contributed by atoms with Crippen molar-refractivity contribution in [2.45, 2.75) is 20.5 Å². The molecule has 3 aromatic carbocycles. The van der Waals surface area contributed by atoms with E-state index in [9.17, 15) is 14.7 Å². The predicted octanol–water partition coefficient (Wildman–Crippen LogP) is 6.28. The Kier molecular flexibility index (Phi) is 8.66. The van der Waals surface area contributed by atoms with Gasteiger partial charge in [0.1, 0.15) is 23.0 Å². The summed E-state index contributed by atoms with van der Waals surface area (Å²) in [5.74, 6) is -0.484. The molecule has 1 aliphatic rings. The second-order valence-electron chi connectivity index (χ2n) is 8.28. The number of nitrogens with zero attached hydrogens (tertiary/aromatic N) is 1. The fraction of sp³-hybridized carbons (Fsp3) is 0.167. The fourth-order valence-corrected chi connectivity index (χ4v) is 4.75. The van der Waals surface area contributed by atoms with Gasteiger partial charge in [-0.3, -0.25) is 4.79 Å². The molecule has 0 saturated heterocycles. The number of methoxy groups -OCH3 is 1.